The molecule has 1 aromatic rings. The molecule has 0 radical (unpaired) electrons. The molecule has 1 atom stereocenters. The van der Waals surface area contributed by atoms with Crippen molar-refractivity contribution in [1.29, 1.82) is 0 Å². The standard InChI is InChI=1S/C11H16F3NOSi/c1-10(11(12,13)14,16-17(2,3)4)9-7-5-6-8-15-9/h5-8H,1-4H3. The molecule has 0 N–H and O–H groups in total. The maximum Gasteiger partial charge on any atom is 0.421 e. The lowest BCUT2D eigenvalue weighted by atomic mass is 10.0. The Hall–Kier alpha value is -0.883. The smallest absolute Gasteiger partial charge is 0.399 e. The average molecular weight is 263 g/mol. The lowest BCUT2D eigenvalue weighted by Gasteiger charge is -2.37. The van der Waals surface area contributed by atoms with E-state index in [9.17, 15) is 13.2 Å². The van der Waals surface area contributed by atoms with Crippen molar-refractivity contribution in [2.75, 3.05) is 0 Å². The summed E-state index contributed by atoms with van der Waals surface area (Å²) >= 11 is 0. The van der Waals surface area contributed by atoms with Gasteiger partial charge in [-0.1, -0.05) is 6.07 Å². The van der Waals surface area contributed by atoms with Gasteiger partial charge in [-0.3, -0.25) is 4.98 Å². The second-order valence-electron chi connectivity index (χ2n) is 4.96. The predicted molar refractivity (Wildman–Crippen MR) is 62.1 cm³/mol. The Labute approximate surface area is 100.0 Å². The third-order valence-corrected chi connectivity index (χ3v) is 3.23. The first-order valence-corrected chi connectivity index (χ1v) is 8.65. The van der Waals surface area contributed by atoms with E-state index in [0.717, 1.165) is 6.92 Å². The molecule has 0 aliphatic heterocycles. The molecule has 0 saturated heterocycles. The third-order valence-electron chi connectivity index (χ3n) is 2.20. The number of aromatic nitrogens is 1. The van der Waals surface area contributed by atoms with E-state index in [2.05, 4.69) is 4.98 Å². The predicted octanol–water partition coefficient (Wildman–Crippen LogP) is 3.71. The van der Waals surface area contributed by atoms with Gasteiger partial charge in [-0.05, 0) is 38.7 Å². The molecule has 0 fully saturated rings. The van der Waals surface area contributed by atoms with Gasteiger partial charge in [-0.15, -0.1) is 0 Å². The Morgan fingerprint density at radius 2 is 1.76 bits per heavy atom. The highest BCUT2D eigenvalue weighted by Gasteiger charge is 2.56. The van der Waals surface area contributed by atoms with Crippen molar-refractivity contribution >= 4 is 8.32 Å². The van der Waals surface area contributed by atoms with Gasteiger partial charge in [0.05, 0.1) is 5.69 Å². The van der Waals surface area contributed by atoms with Gasteiger partial charge in [0.25, 0.3) is 0 Å². The molecule has 0 aromatic carbocycles. The van der Waals surface area contributed by atoms with E-state index in [1.807, 2.05) is 0 Å². The summed E-state index contributed by atoms with van der Waals surface area (Å²) in [5.74, 6) is 0. The number of halogens is 3. The summed E-state index contributed by atoms with van der Waals surface area (Å²) in [6.07, 6.45) is -3.14. The average Bonchev–Trinajstić information content (AvgIpc) is 2.14. The maximum atomic E-state index is 13.2. The van der Waals surface area contributed by atoms with Gasteiger partial charge in [0.2, 0.25) is 0 Å². The summed E-state index contributed by atoms with van der Waals surface area (Å²) in [6.45, 7) is 6.20. The molecule has 1 aromatic heterocycles. The van der Waals surface area contributed by atoms with E-state index < -0.39 is 20.1 Å². The zero-order chi connectivity index (χ0) is 13.3. The summed E-state index contributed by atoms with van der Waals surface area (Å²) in [5, 5.41) is 0. The zero-order valence-electron chi connectivity index (χ0n) is 10.3. The summed E-state index contributed by atoms with van der Waals surface area (Å²) in [5.41, 5.74) is -2.44. The van der Waals surface area contributed by atoms with Crippen LogP contribution >= 0.6 is 0 Å². The van der Waals surface area contributed by atoms with Crippen LogP contribution < -0.4 is 0 Å². The number of rotatable bonds is 3. The molecule has 6 heteroatoms. The molecule has 17 heavy (non-hydrogen) atoms. The lowest BCUT2D eigenvalue weighted by molar-refractivity contribution is -0.252. The first-order chi connectivity index (χ1) is 7.56. The minimum atomic E-state index is -4.48. The van der Waals surface area contributed by atoms with Crippen molar-refractivity contribution in [1.82, 2.24) is 4.98 Å². The van der Waals surface area contributed by atoms with E-state index in [0.29, 0.717) is 0 Å². The van der Waals surface area contributed by atoms with Crippen molar-refractivity contribution in [3.63, 3.8) is 0 Å². The largest absolute Gasteiger partial charge is 0.421 e. The molecular weight excluding hydrogens is 247 g/mol. The molecular formula is C11H16F3NOSi. The van der Waals surface area contributed by atoms with Crippen molar-refractivity contribution < 1.29 is 17.6 Å². The Balaban J connectivity index is 3.22. The fourth-order valence-corrected chi connectivity index (χ4v) is 2.96. The van der Waals surface area contributed by atoms with Gasteiger partial charge in [-0.2, -0.15) is 13.2 Å². The molecule has 1 unspecified atom stereocenters. The second-order valence-corrected chi connectivity index (χ2v) is 9.39. The van der Waals surface area contributed by atoms with Crippen molar-refractivity contribution in [2.24, 2.45) is 0 Å². The molecule has 0 saturated carbocycles. The molecule has 2 nitrogen and oxygen atoms in total. The van der Waals surface area contributed by atoms with Gasteiger partial charge in [0, 0.05) is 6.20 Å². The quantitative estimate of drug-likeness (QED) is 0.776. The van der Waals surface area contributed by atoms with Crippen LogP contribution in [0.25, 0.3) is 0 Å². The molecule has 0 aliphatic rings. The highest BCUT2D eigenvalue weighted by atomic mass is 28.4. The first kappa shape index (κ1) is 14.2. The Bertz CT molecular complexity index is 375. The molecule has 0 bridgehead atoms. The van der Waals surface area contributed by atoms with E-state index in [1.54, 1.807) is 25.7 Å². The SMILES string of the molecule is CC(O[Si](C)(C)C)(c1ccccn1)C(F)(F)F. The molecule has 1 heterocycles. The van der Waals surface area contributed by atoms with Crippen LogP contribution in [-0.4, -0.2) is 19.5 Å². The summed E-state index contributed by atoms with van der Waals surface area (Å²) in [7, 11) is -2.35. The Morgan fingerprint density at radius 1 is 1.18 bits per heavy atom. The fraction of sp³-hybridized carbons (Fsp3) is 0.545. The van der Waals surface area contributed by atoms with E-state index in [4.69, 9.17) is 4.43 Å². The highest BCUT2D eigenvalue weighted by molar-refractivity contribution is 6.69. The fourth-order valence-electron chi connectivity index (χ4n) is 1.51. The van der Waals surface area contributed by atoms with Gasteiger partial charge in [0.15, 0.2) is 13.9 Å². The van der Waals surface area contributed by atoms with Crippen LogP contribution in [0.15, 0.2) is 24.4 Å². The lowest BCUT2D eigenvalue weighted by Crippen LogP contribution is -2.49. The third kappa shape index (κ3) is 3.29. The van der Waals surface area contributed by atoms with Crippen molar-refractivity contribution in [2.45, 2.75) is 38.3 Å². The number of pyridine rings is 1. The summed E-state index contributed by atoms with van der Waals surface area (Å²) < 4.78 is 44.9. The van der Waals surface area contributed by atoms with Crippen LogP contribution in [0, 0.1) is 0 Å². The van der Waals surface area contributed by atoms with Crippen molar-refractivity contribution in [3.05, 3.63) is 30.1 Å². The molecule has 0 aliphatic carbocycles. The highest BCUT2D eigenvalue weighted by Crippen LogP contribution is 2.42. The Kier molecular flexibility index (Phi) is 3.68. The molecule has 0 spiro atoms. The first-order valence-electron chi connectivity index (χ1n) is 5.25. The molecule has 96 valence electrons. The van der Waals surface area contributed by atoms with Crippen LogP contribution in [0.1, 0.15) is 12.6 Å². The van der Waals surface area contributed by atoms with Gasteiger partial charge < -0.3 is 4.43 Å². The number of alkyl halides is 3. The summed E-state index contributed by atoms with van der Waals surface area (Å²) in [4.78, 5) is 3.78. The number of hydrogen-bond donors (Lipinski definition) is 0. The van der Waals surface area contributed by atoms with Crippen LogP contribution in [-0.2, 0) is 10.0 Å². The Morgan fingerprint density at radius 3 is 2.12 bits per heavy atom. The normalized spacial score (nSPS) is 16.6. The second kappa shape index (κ2) is 4.42. The zero-order valence-corrected chi connectivity index (χ0v) is 11.3. The minimum Gasteiger partial charge on any atom is -0.399 e. The summed E-state index contributed by atoms with van der Waals surface area (Å²) in [6, 6.07) is 4.45. The number of nitrogens with zero attached hydrogens (tertiary/aromatic N) is 1. The van der Waals surface area contributed by atoms with Gasteiger partial charge >= 0.3 is 6.18 Å². The van der Waals surface area contributed by atoms with Crippen LogP contribution in [0.3, 0.4) is 0 Å². The monoisotopic (exact) mass is 263 g/mol. The minimum absolute atomic E-state index is 0.102. The van der Waals surface area contributed by atoms with E-state index in [1.165, 1.54) is 18.3 Å². The number of hydrogen-bond acceptors (Lipinski definition) is 2. The van der Waals surface area contributed by atoms with Crippen LogP contribution in [0.4, 0.5) is 13.2 Å². The maximum absolute atomic E-state index is 13.2. The molecule has 0 amide bonds. The van der Waals surface area contributed by atoms with Gasteiger partial charge in [-0.25, -0.2) is 0 Å². The van der Waals surface area contributed by atoms with Crippen LogP contribution in [0.2, 0.25) is 19.6 Å². The molecule has 1 rings (SSSR count). The van der Waals surface area contributed by atoms with E-state index in [-0.39, 0.29) is 5.69 Å². The topological polar surface area (TPSA) is 22.1 Å². The van der Waals surface area contributed by atoms with Crippen LogP contribution in [0.5, 0.6) is 0 Å². The van der Waals surface area contributed by atoms with E-state index >= 15 is 0 Å². The van der Waals surface area contributed by atoms with Gasteiger partial charge in [0.1, 0.15) is 0 Å². The van der Waals surface area contributed by atoms with Crippen molar-refractivity contribution in [3.8, 4) is 0 Å².